The van der Waals surface area contributed by atoms with Crippen molar-refractivity contribution in [3.05, 3.63) is 70.8 Å². The summed E-state index contributed by atoms with van der Waals surface area (Å²) in [5, 5.41) is 3.90. The number of amides is 1. The molecule has 146 valence electrons. The molecule has 2 aromatic carbocycles. The Hall–Kier alpha value is -3.15. The molecule has 0 aromatic heterocycles. The van der Waals surface area contributed by atoms with Gasteiger partial charge < -0.3 is 14.5 Å². The minimum absolute atomic E-state index is 0.223. The largest absolute Gasteiger partial charge is 0.467 e. The number of nitrogens with zero attached hydrogens (tertiary/aromatic N) is 2. The van der Waals surface area contributed by atoms with Crippen LogP contribution in [0.15, 0.2) is 53.7 Å². The molecule has 0 radical (unpaired) electrons. The minimum atomic E-state index is -0.682. The van der Waals surface area contributed by atoms with Crippen LogP contribution in [-0.4, -0.2) is 49.3 Å². The Morgan fingerprint density at radius 1 is 1.11 bits per heavy atom. The van der Waals surface area contributed by atoms with Crippen molar-refractivity contribution < 1.29 is 19.2 Å². The molecule has 1 aliphatic rings. The van der Waals surface area contributed by atoms with E-state index in [0.29, 0.717) is 17.7 Å². The fraction of sp³-hybridized carbons (Fsp3) is 0.318. The van der Waals surface area contributed by atoms with Crippen LogP contribution < -0.4 is 0 Å². The molecular weight excluding hydrogens is 356 g/mol. The Labute approximate surface area is 164 Å². The zero-order valence-corrected chi connectivity index (χ0v) is 16.3. The zero-order valence-electron chi connectivity index (χ0n) is 16.3. The van der Waals surface area contributed by atoms with Crippen LogP contribution in [0.25, 0.3) is 0 Å². The fourth-order valence-electron chi connectivity index (χ4n) is 3.42. The van der Waals surface area contributed by atoms with Gasteiger partial charge in [-0.25, -0.2) is 4.79 Å². The predicted octanol–water partition coefficient (Wildman–Crippen LogP) is 2.98. The van der Waals surface area contributed by atoms with Gasteiger partial charge in [-0.2, -0.15) is 0 Å². The quantitative estimate of drug-likeness (QED) is 0.591. The highest BCUT2D eigenvalue weighted by Crippen LogP contribution is 2.21. The average molecular weight is 380 g/mol. The Morgan fingerprint density at radius 2 is 1.82 bits per heavy atom. The molecule has 1 heterocycles. The highest BCUT2D eigenvalue weighted by Gasteiger charge is 2.39. The molecule has 2 aromatic rings. The molecule has 1 fully saturated rings. The second-order valence-electron chi connectivity index (χ2n) is 6.82. The monoisotopic (exact) mass is 380 g/mol. The lowest BCUT2D eigenvalue weighted by atomic mass is 9.99. The molecule has 1 amide bonds. The van der Waals surface area contributed by atoms with Crippen molar-refractivity contribution >= 4 is 17.6 Å². The summed E-state index contributed by atoms with van der Waals surface area (Å²) in [5.74, 6) is -0.676. The van der Waals surface area contributed by atoms with Gasteiger partial charge in [0.1, 0.15) is 13.2 Å². The summed E-state index contributed by atoms with van der Waals surface area (Å²) in [7, 11) is 2.76. The third-order valence-corrected chi connectivity index (χ3v) is 4.97. The van der Waals surface area contributed by atoms with Crippen LogP contribution in [0.4, 0.5) is 0 Å². The first-order valence-electron chi connectivity index (χ1n) is 9.14. The standard InChI is InChI=1S/C22H24N2O4/c1-15-6-4-5-7-18(15)12-16-8-10-17(11-9-16)21(25)24-14-19(23-28-3)13-20(24)22(26)27-2/h4-11,20H,12-14H2,1-3H3/b23-19-/t20-/m0/s1. The van der Waals surface area contributed by atoms with Gasteiger partial charge in [0.15, 0.2) is 0 Å². The smallest absolute Gasteiger partial charge is 0.329 e. The maximum atomic E-state index is 13.0. The van der Waals surface area contributed by atoms with Crippen LogP contribution in [0.3, 0.4) is 0 Å². The third-order valence-electron chi connectivity index (χ3n) is 4.97. The van der Waals surface area contributed by atoms with Crippen molar-refractivity contribution in [2.75, 3.05) is 20.8 Å². The lowest BCUT2D eigenvalue weighted by Crippen LogP contribution is -2.41. The number of methoxy groups -OCH3 is 1. The Bertz CT molecular complexity index is 890. The molecule has 3 rings (SSSR count). The van der Waals surface area contributed by atoms with E-state index in [0.717, 1.165) is 12.0 Å². The van der Waals surface area contributed by atoms with E-state index in [-0.39, 0.29) is 12.5 Å². The van der Waals surface area contributed by atoms with Crippen molar-refractivity contribution in [2.24, 2.45) is 5.16 Å². The second kappa shape index (κ2) is 8.69. The first-order valence-corrected chi connectivity index (χ1v) is 9.14. The highest BCUT2D eigenvalue weighted by atomic mass is 16.6. The van der Waals surface area contributed by atoms with Crippen LogP contribution in [0.1, 0.15) is 33.5 Å². The van der Waals surface area contributed by atoms with Gasteiger partial charge in [0.25, 0.3) is 5.91 Å². The van der Waals surface area contributed by atoms with E-state index in [1.165, 1.54) is 30.2 Å². The number of carbonyl (C=O) groups is 2. The normalized spacial score (nSPS) is 17.6. The molecule has 6 nitrogen and oxygen atoms in total. The van der Waals surface area contributed by atoms with Crippen LogP contribution in [-0.2, 0) is 20.8 Å². The number of oxime groups is 1. The van der Waals surface area contributed by atoms with Crippen molar-refractivity contribution in [3.8, 4) is 0 Å². The lowest BCUT2D eigenvalue weighted by molar-refractivity contribution is -0.145. The maximum Gasteiger partial charge on any atom is 0.329 e. The number of benzene rings is 2. The van der Waals surface area contributed by atoms with E-state index in [1.54, 1.807) is 12.1 Å². The molecule has 6 heteroatoms. The topological polar surface area (TPSA) is 68.2 Å². The number of carbonyl (C=O) groups excluding carboxylic acids is 2. The number of rotatable bonds is 5. The second-order valence-corrected chi connectivity index (χ2v) is 6.82. The van der Waals surface area contributed by atoms with Crippen molar-refractivity contribution in [2.45, 2.75) is 25.8 Å². The predicted molar refractivity (Wildman–Crippen MR) is 106 cm³/mol. The van der Waals surface area contributed by atoms with Crippen molar-refractivity contribution in [1.29, 1.82) is 0 Å². The summed E-state index contributed by atoms with van der Waals surface area (Å²) < 4.78 is 4.84. The van der Waals surface area contributed by atoms with Crippen LogP contribution >= 0.6 is 0 Å². The molecule has 0 unspecified atom stereocenters. The number of esters is 1. The van der Waals surface area contributed by atoms with E-state index in [9.17, 15) is 9.59 Å². The number of likely N-dealkylation sites (tertiary alicyclic amines) is 1. The van der Waals surface area contributed by atoms with E-state index in [2.05, 4.69) is 24.2 Å². The number of ether oxygens (including phenoxy) is 1. The average Bonchev–Trinajstić information content (AvgIpc) is 3.13. The summed E-state index contributed by atoms with van der Waals surface area (Å²) in [5.41, 5.74) is 4.79. The summed E-state index contributed by atoms with van der Waals surface area (Å²) in [4.78, 5) is 31.3. The van der Waals surface area contributed by atoms with Crippen molar-refractivity contribution in [3.63, 3.8) is 0 Å². The molecule has 28 heavy (non-hydrogen) atoms. The van der Waals surface area contributed by atoms with E-state index in [4.69, 9.17) is 9.57 Å². The van der Waals surface area contributed by atoms with Gasteiger partial charge in [0, 0.05) is 12.0 Å². The molecule has 0 spiro atoms. The number of hydrogen-bond acceptors (Lipinski definition) is 5. The molecule has 0 N–H and O–H groups in total. The molecule has 0 saturated carbocycles. The van der Waals surface area contributed by atoms with E-state index in [1.807, 2.05) is 24.3 Å². The van der Waals surface area contributed by atoms with Crippen molar-refractivity contribution in [1.82, 2.24) is 4.90 Å². The van der Waals surface area contributed by atoms with E-state index < -0.39 is 12.0 Å². The Balaban J connectivity index is 1.77. The molecule has 1 saturated heterocycles. The van der Waals surface area contributed by atoms with Gasteiger partial charge in [0.2, 0.25) is 0 Å². The zero-order chi connectivity index (χ0) is 20.1. The van der Waals surface area contributed by atoms with Crippen LogP contribution in [0, 0.1) is 6.92 Å². The minimum Gasteiger partial charge on any atom is -0.467 e. The fourth-order valence-corrected chi connectivity index (χ4v) is 3.42. The molecular formula is C22H24N2O4. The summed E-state index contributed by atoms with van der Waals surface area (Å²) in [6.07, 6.45) is 1.12. The summed E-state index contributed by atoms with van der Waals surface area (Å²) in [6.45, 7) is 2.34. The first-order chi connectivity index (χ1) is 13.5. The summed E-state index contributed by atoms with van der Waals surface area (Å²) in [6, 6.07) is 15.1. The SMILES string of the molecule is CO/N=C1/C[C@@H](C(=O)OC)N(C(=O)c2ccc(Cc3ccccc3C)cc2)C1. The highest BCUT2D eigenvalue weighted by molar-refractivity contribution is 6.04. The first kappa shape index (κ1) is 19.6. The number of aryl methyl sites for hydroxylation is 1. The molecule has 1 atom stereocenters. The lowest BCUT2D eigenvalue weighted by Gasteiger charge is -2.22. The Morgan fingerprint density at radius 3 is 2.46 bits per heavy atom. The number of hydrogen-bond donors (Lipinski definition) is 0. The van der Waals surface area contributed by atoms with Gasteiger partial charge >= 0.3 is 5.97 Å². The van der Waals surface area contributed by atoms with Gasteiger partial charge in [-0.15, -0.1) is 0 Å². The van der Waals surface area contributed by atoms with Crippen LogP contribution in [0.5, 0.6) is 0 Å². The van der Waals surface area contributed by atoms with E-state index >= 15 is 0 Å². The van der Waals surface area contributed by atoms with Gasteiger partial charge in [-0.05, 0) is 42.2 Å². The van der Waals surface area contributed by atoms with Gasteiger partial charge in [-0.3, -0.25) is 4.79 Å². The molecule has 1 aliphatic heterocycles. The Kier molecular flexibility index (Phi) is 6.09. The molecule has 0 aliphatic carbocycles. The summed E-state index contributed by atoms with van der Waals surface area (Å²) >= 11 is 0. The third kappa shape index (κ3) is 4.22. The molecule has 0 bridgehead atoms. The van der Waals surface area contributed by atoms with Gasteiger partial charge in [-0.1, -0.05) is 41.6 Å². The van der Waals surface area contributed by atoms with Gasteiger partial charge in [0.05, 0.1) is 19.4 Å². The maximum absolute atomic E-state index is 13.0. The van der Waals surface area contributed by atoms with Crippen LogP contribution in [0.2, 0.25) is 0 Å².